The Kier molecular flexibility index (Phi) is 4.76. The van der Waals surface area contributed by atoms with Crippen molar-refractivity contribution in [1.29, 1.82) is 0 Å². The quantitative estimate of drug-likeness (QED) is 0.815. The van der Waals surface area contributed by atoms with Crippen LogP contribution in [0.4, 0.5) is 10.1 Å². The van der Waals surface area contributed by atoms with E-state index in [2.05, 4.69) is 5.32 Å². The summed E-state index contributed by atoms with van der Waals surface area (Å²) < 4.78 is 13.0. The fourth-order valence-corrected chi connectivity index (χ4v) is 2.02. The van der Waals surface area contributed by atoms with E-state index >= 15 is 0 Å². The molecular formula is C17H15ClFNO. The Morgan fingerprint density at radius 1 is 1.19 bits per heavy atom. The number of carbonyl (C=O) groups is 1. The normalized spacial score (nSPS) is 10.9. The molecule has 0 radical (unpaired) electrons. The molecule has 0 bridgehead atoms. The number of hydrogen-bond donors (Lipinski definition) is 1. The molecule has 2 nitrogen and oxygen atoms in total. The van der Waals surface area contributed by atoms with Gasteiger partial charge in [-0.2, -0.15) is 0 Å². The number of anilines is 1. The zero-order valence-electron chi connectivity index (χ0n) is 11.8. The molecule has 0 saturated heterocycles. The Hall–Kier alpha value is -2.13. The summed E-state index contributed by atoms with van der Waals surface area (Å²) in [6, 6.07) is 10.2. The van der Waals surface area contributed by atoms with Gasteiger partial charge in [-0.3, -0.25) is 4.79 Å². The molecule has 4 heteroatoms. The number of carbonyl (C=O) groups excluding carboxylic acids is 1. The van der Waals surface area contributed by atoms with Gasteiger partial charge in [-0.15, -0.1) is 0 Å². The molecular weight excluding hydrogens is 289 g/mol. The molecule has 2 aromatic rings. The number of benzene rings is 2. The minimum Gasteiger partial charge on any atom is -0.322 e. The van der Waals surface area contributed by atoms with Crippen molar-refractivity contribution in [1.82, 2.24) is 0 Å². The van der Waals surface area contributed by atoms with E-state index in [9.17, 15) is 9.18 Å². The number of nitrogens with one attached hydrogen (secondary N) is 1. The molecule has 0 heterocycles. The fraction of sp³-hybridized carbons (Fsp3) is 0.118. The predicted octanol–water partition coefficient (Wildman–Crippen LogP) is 4.75. The molecule has 21 heavy (non-hydrogen) atoms. The van der Waals surface area contributed by atoms with Crippen molar-refractivity contribution >= 4 is 29.3 Å². The first kappa shape index (κ1) is 15.3. The summed E-state index contributed by atoms with van der Waals surface area (Å²) in [5.41, 5.74) is 3.51. The van der Waals surface area contributed by atoms with Gasteiger partial charge in [0.15, 0.2) is 0 Å². The molecule has 0 aliphatic carbocycles. The van der Waals surface area contributed by atoms with Crippen molar-refractivity contribution in [3.8, 4) is 0 Å². The summed E-state index contributed by atoms with van der Waals surface area (Å²) in [5, 5.41) is 2.85. The van der Waals surface area contributed by atoms with E-state index in [1.807, 2.05) is 32.0 Å². The lowest BCUT2D eigenvalue weighted by Gasteiger charge is -2.07. The molecule has 2 rings (SSSR count). The van der Waals surface area contributed by atoms with Gasteiger partial charge < -0.3 is 5.32 Å². The van der Waals surface area contributed by atoms with E-state index in [-0.39, 0.29) is 10.9 Å². The molecule has 1 N–H and O–H groups in total. The molecule has 2 aromatic carbocycles. The number of amides is 1. The highest BCUT2D eigenvalue weighted by molar-refractivity contribution is 6.30. The Bertz CT molecular complexity index is 710. The number of hydrogen-bond acceptors (Lipinski definition) is 1. The third-order valence-electron chi connectivity index (χ3n) is 3.02. The predicted molar refractivity (Wildman–Crippen MR) is 85.0 cm³/mol. The lowest BCUT2D eigenvalue weighted by Crippen LogP contribution is -2.09. The lowest BCUT2D eigenvalue weighted by molar-refractivity contribution is -0.111. The first-order valence-electron chi connectivity index (χ1n) is 6.47. The largest absolute Gasteiger partial charge is 0.322 e. The molecule has 0 aromatic heterocycles. The first-order chi connectivity index (χ1) is 9.95. The zero-order valence-corrected chi connectivity index (χ0v) is 12.5. The van der Waals surface area contributed by atoms with Crippen LogP contribution >= 0.6 is 11.6 Å². The number of halogens is 2. The topological polar surface area (TPSA) is 29.1 Å². The molecule has 108 valence electrons. The van der Waals surface area contributed by atoms with E-state index in [0.29, 0.717) is 5.56 Å². The summed E-state index contributed by atoms with van der Waals surface area (Å²) in [5.74, 6) is -0.724. The van der Waals surface area contributed by atoms with Crippen LogP contribution in [0.2, 0.25) is 5.02 Å². The monoisotopic (exact) mass is 303 g/mol. The Labute approximate surface area is 128 Å². The third kappa shape index (κ3) is 4.17. The van der Waals surface area contributed by atoms with Gasteiger partial charge in [0.05, 0.1) is 5.02 Å². The summed E-state index contributed by atoms with van der Waals surface area (Å²) >= 11 is 5.69. The minimum absolute atomic E-state index is 0.0343. The smallest absolute Gasteiger partial charge is 0.248 e. The molecule has 0 aliphatic heterocycles. The van der Waals surface area contributed by atoms with Crippen molar-refractivity contribution in [2.75, 3.05) is 5.32 Å². The Morgan fingerprint density at radius 2 is 1.95 bits per heavy atom. The van der Waals surface area contributed by atoms with E-state index in [1.165, 1.54) is 18.2 Å². The highest BCUT2D eigenvalue weighted by atomic mass is 35.5. The van der Waals surface area contributed by atoms with Crippen LogP contribution in [0, 0.1) is 19.7 Å². The van der Waals surface area contributed by atoms with Crippen molar-refractivity contribution in [2.24, 2.45) is 0 Å². The maximum Gasteiger partial charge on any atom is 0.248 e. The molecule has 0 fully saturated rings. The van der Waals surface area contributed by atoms with Crippen LogP contribution in [0.3, 0.4) is 0 Å². The van der Waals surface area contributed by atoms with Gasteiger partial charge in [0.1, 0.15) is 5.82 Å². The van der Waals surface area contributed by atoms with Crippen LogP contribution in [-0.2, 0) is 4.79 Å². The van der Waals surface area contributed by atoms with Gasteiger partial charge >= 0.3 is 0 Å². The third-order valence-corrected chi connectivity index (χ3v) is 3.31. The van der Waals surface area contributed by atoms with Crippen molar-refractivity contribution < 1.29 is 9.18 Å². The maximum atomic E-state index is 13.0. The second kappa shape index (κ2) is 6.55. The van der Waals surface area contributed by atoms with E-state index in [1.54, 1.807) is 12.1 Å². The second-order valence-electron chi connectivity index (χ2n) is 4.81. The van der Waals surface area contributed by atoms with Crippen LogP contribution in [0.25, 0.3) is 6.08 Å². The van der Waals surface area contributed by atoms with Gasteiger partial charge in [-0.1, -0.05) is 29.8 Å². The van der Waals surface area contributed by atoms with Gasteiger partial charge in [-0.25, -0.2) is 4.39 Å². The van der Waals surface area contributed by atoms with Crippen LogP contribution in [0.15, 0.2) is 42.5 Å². The van der Waals surface area contributed by atoms with Crippen molar-refractivity contribution in [3.05, 3.63) is 70.0 Å². The fourth-order valence-electron chi connectivity index (χ4n) is 1.83. The van der Waals surface area contributed by atoms with Crippen molar-refractivity contribution in [2.45, 2.75) is 13.8 Å². The van der Waals surface area contributed by atoms with E-state index in [4.69, 9.17) is 11.6 Å². The average Bonchev–Trinajstić information content (AvgIpc) is 2.44. The molecule has 0 saturated carbocycles. The average molecular weight is 304 g/mol. The molecule has 1 amide bonds. The Morgan fingerprint density at radius 3 is 2.67 bits per heavy atom. The maximum absolute atomic E-state index is 13.0. The summed E-state index contributed by atoms with van der Waals surface area (Å²) in [6.07, 6.45) is 2.98. The standard InChI is InChI=1S/C17H15ClFNO/c1-11-3-4-12(2)16(9-11)20-17(21)8-6-13-5-7-15(19)14(18)10-13/h3-10H,1-2H3,(H,20,21)/b8-6+. The van der Waals surface area contributed by atoms with E-state index in [0.717, 1.165) is 16.8 Å². The molecule has 0 spiro atoms. The van der Waals surface area contributed by atoms with Crippen molar-refractivity contribution in [3.63, 3.8) is 0 Å². The Balaban J connectivity index is 2.09. The summed E-state index contributed by atoms with van der Waals surface area (Å²) in [7, 11) is 0. The lowest BCUT2D eigenvalue weighted by atomic mass is 10.1. The van der Waals surface area contributed by atoms with E-state index < -0.39 is 5.82 Å². The molecule has 0 atom stereocenters. The number of aryl methyl sites for hydroxylation is 2. The van der Waals surface area contributed by atoms with Gasteiger partial charge in [0.2, 0.25) is 5.91 Å². The van der Waals surface area contributed by atoms with Gasteiger partial charge in [0, 0.05) is 11.8 Å². The van der Waals surface area contributed by atoms with Gasteiger partial charge in [-0.05, 0) is 54.8 Å². The zero-order chi connectivity index (χ0) is 15.4. The SMILES string of the molecule is Cc1ccc(C)c(NC(=O)/C=C/c2ccc(F)c(Cl)c2)c1. The minimum atomic E-state index is -0.478. The second-order valence-corrected chi connectivity index (χ2v) is 5.22. The highest BCUT2D eigenvalue weighted by Crippen LogP contribution is 2.18. The summed E-state index contributed by atoms with van der Waals surface area (Å²) in [6.45, 7) is 3.89. The van der Waals surface area contributed by atoms with Gasteiger partial charge in [0.25, 0.3) is 0 Å². The van der Waals surface area contributed by atoms with Crippen LogP contribution in [0.1, 0.15) is 16.7 Å². The highest BCUT2D eigenvalue weighted by Gasteiger charge is 2.03. The van der Waals surface area contributed by atoms with Crippen LogP contribution < -0.4 is 5.32 Å². The van der Waals surface area contributed by atoms with Crippen LogP contribution in [0.5, 0.6) is 0 Å². The number of rotatable bonds is 3. The first-order valence-corrected chi connectivity index (χ1v) is 6.85. The summed E-state index contributed by atoms with van der Waals surface area (Å²) in [4.78, 5) is 11.9. The molecule has 0 unspecified atom stereocenters. The van der Waals surface area contributed by atoms with Crippen LogP contribution in [-0.4, -0.2) is 5.91 Å². The molecule has 0 aliphatic rings.